The molecule has 0 spiro atoms. The first-order valence-electron chi connectivity index (χ1n) is 5.55. The van der Waals surface area contributed by atoms with Gasteiger partial charge in [-0.1, -0.05) is 6.07 Å². The van der Waals surface area contributed by atoms with Crippen molar-refractivity contribution >= 4 is 18.5 Å². The Labute approximate surface area is 106 Å². The SMILES string of the molecule is O=C(CCS)NCc1ccc2c(c1)OCCO2. The van der Waals surface area contributed by atoms with E-state index in [4.69, 9.17) is 9.47 Å². The summed E-state index contributed by atoms with van der Waals surface area (Å²) in [4.78, 5) is 11.3. The molecule has 1 aliphatic heterocycles. The smallest absolute Gasteiger partial charge is 0.221 e. The Morgan fingerprint density at radius 3 is 2.82 bits per heavy atom. The Balaban J connectivity index is 1.95. The average molecular weight is 253 g/mol. The van der Waals surface area contributed by atoms with E-state index in [1.165, 1.54) is 0 Å². The number of ether oxygens (including phenoxy) is 2. The molecule has 1 N–H and O–H groups in total. The van der Waals surface area contributed by atoms with E-state index in [-0.39, 0.29) is 5.91 Å². The predicted octanol–water partition coefficient (Wildman–Crippen LogP) is 1.39. The molecular formula is C12H15NO3S. The van der Waals surface area contributed by atoms with E-state index in [9.17, 15) is 4.79 Å². The Morgan fingerprint density at radius 1 is 1.29 bits per heavy atom. The third kappa shape index (κ3) is 3.30. The molecule has 0 aromatic heterocycles. The summed E-state index contributed by atoms with van der Waals surface area (Å²) in [5.74, 6) is 2.08. The lowest BCUT2D eigenvalue weighted by atomic mass is 10.2. The minimum Gasteiger partial charge on any atom is -0.486 e. The number of carbonyl (C=O) groups is 1. The summed E-state index contributed by atoms with van der Waals surface area (Å²) in [6, 6.07) is 5.69. The number of carbonyl (C=O) groups excluding carboxylic acids is 1. The second-order valence-corrected chi connectivity index (χ2v) is 4.18. The van der Waals surface area contributed by atoms with Crippen molar-refractivity contribution in [3.63, 3.8) is 0 Å². The zero-order valence-electron chi connectivity index (χ0n) is 9.44. The molecule has 17 heavy (non-hydrogen) atoms. The van der Waals surface area contributed by atoms with E-state index in [1.807, 2.05) is 18.2 Å². The van der Waals surface area contributed by atoms with Crippen LogP contribution in [0.5, 0.6) is 11.5 Å². The fourth-order valence-corrected chi connectivity index (χ4v) is 1.79. The van der Waals surface area contributed by atoms with Crippen LogP contribution in [0.1, 0.15) is 12.0 Å². The summed E-state index contributed by atoms with van der Waals surface area (Å²) in [5, 5.41) is 2.82. The molecule has 0 saturated carbocycles. The Kier molecular flexibility index (Phi) is 4.14. The zero-order chi connectivity index (χ0) is 12.1. The van der Waals surface area contributed by atoms with Gasteiger partial charge in [-0.05, 0) is 23.4 Å². The third-order valence-corrected chi connectivity index (χ3v) is 2.66. The first kappa shape index (κ1) is 12.1. The largest absolute Gasteiger partial charge is 0.486 e. The summed E-state index contributed by atoms with van der Waals surface area (Å²) in [6.07, 6.45) is 0.438. The van der Waals surface area contributed by atoms with E-state index in [0.29, 0.717) is 31.9 Å². The van der Waals surface area contributed by atoms with E-state index in [1.54, 1.807) is 0 Å². The Bertz CT molecular complexity index is 409. The molecule has 92 valence electrons. The molecule has 1 aromatic carbocycles. The molecule has 0 bridgehead atoms. The monoisotopic (exact) mass is 253 g/mol. The minimum atomic E-state index is 0.00916. The van der Waals surface area contributed by atoms with Gasteiger partial charge in [-0.15, -0.1) is 0 Å². The molecule has 0 radical (unpaired) electrons. The molecule has 1 aromatic rings. The van der Waals surface area contributed by atoms with Gasteiger partial charge in [-0.2, -0.15) is 12.6 Å². The van der Waals surface area contributed by atoms with Crippen LogP contribution in [0.15, 0.2) is 18.2 Å². The van der Waals surface area contributed by atoms with Crippen LogP contribution in [0.2, 0.25) is 0 Å². The molecule has 0 saturated heterocycles. The summed E-state index contributed by atoms with van der Waals surface area (Å²) in [5.41, 5.74) is 1.00. The van der Waals surface area contributed by atoms with Crippen LogP contribution in [-0.4, -0.2) is 24.9 Å². The standard InChI is InChI=1S/C12H15NO3S/c14-12(3-6-17)13-8-9-1-2-10-11(7-9)16-5-4-15-10/h1-2,7,17H,3-6,8H2,(H,13,14). The van der Waals surface area contributed by atoms with Crippen LogP contribution < -0.4 is 14.8 Å². The highest BCUT2D eigenvalue weighted by Gasteiger charge is 2.11. The first-order chi connectivity index (χ1) is 8.29. The van der Waals surface area contributed by atoms with Gasteiger partial charge in [-0.3, -0.25) is 4.79 Å². The maximum absolute atomic E-state index is 11.3. The first-order valence-corrected chi connectivity index (χ1v) is 6.19. The molecule has 0 unspecified atom stereocenters. The van der Waals surface area contributed by atoms with Crippen molar-refractivity contribution in [3.8, 4) is 11.5 Å². The van der Waals surface area contributed by atoms with Gasteiger partial charge in [0.05, 0.1) is 0 Å². The van der Waals surface area contributed by atoms with Crippen LogP contribution in [0.3, 0.4) is 0 Å². The molecule has 1 heterocycles. The number of amides is 1. The Hall–Kier alpha value is -1.36. The van der Waals surface area contributed by atoms with E-state index >= 15 is 0 Å². The van der Waals surface area contributed by atoms with Crippen molar-refractivity contribution in [1.29, 1.82) is 0 Å². The maximum Gasteiger partial charge on any atom is 0.221 e. The second-order valence-electron chi connectivity index (χ2n) is 3.73. The van der Waals surface area contributed by atoms with Crippen LogP contribution in [0.4, 0.5) is 0 Å². The molecule has 1 amide bonds. The van der Waals surface area contributed by atoms with Crippen LogP contribution >= 0.6 is 12.6 Å². The van der Waals surface area contributed by atoms with Crippen molar-refractivity contribution in [2.75, 3.05) is 19.0 Å². The number of thiol groups is 1. The summed E-state index contributed by atoms with van der Waals surface area (Å²) in [6.45, 7) is 1.66. The third-order valence-electron chi connectivity index (χ3n) is 2.44. The molecule has 1 aliphatic rings. The van der Waals surface area contributed by atoms with Gasteiger partial charge in [0.25, 0.3) is 0 Å². The molecule has 5 heteroatoms. The number of fused-ring (bicyclic) bond motifs is 1. The minimum absolute atomic E-state index is 0.00916. The van der Waals surface area contributed by atoms with Crippen molar-refractivity contribution in [3.05, 3.63) is 23.8 Å². The number of rotatable bonds is 4. The predicted molar refractivity (Wildman–Crippen MR) is 67.7 cm³/mol. The number of hydrogen-bond donors (Lipinski definition) is 2. The second kappa shape index (κ2) is 5.82. The van der Waals surface area contributed by atoms with Crippen molar-refractivity contribution in [2.45, 2.75) is 13.0 Å². The van der Waals surface area contributed by atoms with Gasteiger partial charge in [0.2, 0.25) is 5.91 Å². The van der Waals surface area contributed by atoms with Gasteiger partial charge >= 0.3 is 0 Å². The molecular weight excluding hydrogens is 238 g/mol. The van der Waals surface area contributed by atoms with Gasteiger partial charge in [0.15, 0.2) is 11.5 Å². The summed E-state index contributed by atoms with van der Waals surface area (Å²) < 4.78 is 10.9. The lowest BCUT2D eigenvalue weighted by Crippen LogP contribution is -2.23. The lowest BCUT2D eigenvalue weighted by Gasteiger charge is -2.18. The van der Waals surface area contributed by atoms with Crippen molar-refractivity contribution in [1.82, 2.24) is 5.32 Å². The van der Waals surface area contributed by atoms with E-state index in [2.05, 4.69) is 17.9 Å². The van der Waals surface area contributed by atoms with Crippen LogP contribution in [0.25, 0.3) is 0 Å². The number of nitrogens with one attached hydrogen (secondary N) is 1. The highest BCUT2D eigenvalue weighted by Crippen LogP contribution is 2.30. The normalized spacial score (nSPS) is 13.2. The molecule has 4 nitrogen and oxygen atoms in total. The highest BCUT2D eigenvalue weighted by molar-refractivity contribution is 7.80. The van der Waals surface area contributed by atoms with Crippen molar-refractivity contribution in [2.24, 2.45) is 0 Å². The lowest BCUT2D eigenvalue weighted by molar-refractivity contribution is -0.120. The van der Waals surface area contributed by atoms with E-state index < -0.39 is 0 Å². The van der Waals surface area contributed by atoms with Gasteiger partial charge < -0.3 is 14.8 Å². The zero-order valence-corrected chi connectivity index (χ0v) is 10.3. The summed E-state index contributed by atoms with van der Waals surface area (Å²) in [7, 11) is 0. The molecule has 0 aliphatic carbocycles. The quantitative estimate of drug-likeness (QED) is 0.797. The van der Waals surface area contributed by atoms with Gasteiger partial charge in [-0.25, -0.2) is 0 Å². The van der Waals surface area contributed by atoms with E-state index in [0.717, 1.165) is 17.1 Å². The summed E-state index contributed by atoms with van der Waals surface area (Å²) >= 11 is 4.01. The molecule has 0 atom stereocenters. The van der Waals surface area contributed by atoms with Crippen molar-refractivity contribution < 1.29 is 14.3 Å². The van der Waals surface area contributed by atoms with Gasteiger partial charge in [0.1, 0.15) is 13.2 Å². The number of benzene rings is 1. The van der Waals surface area contributed by atoms with Crippen LogP contribution in [-0.2, 0) is 11.3 Å². The van der Waals surface area contributed by atoms with Gasteiger partial charge in [0, 0.05) is 13.0 Å². The fraction of sp³-hybridized carbons (Fsp3) is 0.417. The molecule has 0 fully saturated rings. The average Bonchev–Trinajstić information content (AvgIpc) is 2.36. The number of hydrogen-bond acceptors (Lipinski definition) is 4. The van der Waals surface area contributed by atoms with Crippen LogP contribution in [0, 0.1) is 0 Å². The molecule has 2 rings (SSSR count). The fourth-order valence-electron chi connectivity index (χ4n) is 1.59. The highest BCUT2D eigenvalue weighted by atomic mass is 32.1. The maximum atomic E-state index is 11.3. The Morgan fingerprint density at radius 2 is 2.06 bits per heavy atom. The topological polar surface area (TPSA) is 47.6 Å².